The molecular formula is C56H61Cl6NO18. The van der Waals surface area contributed by atoms with Gasteiger partial charge in [0, 0.05) is 31.1 Å². The number of nitrogens with one attached hydrogen (secondary N) is 1. The summed E-state index contributed by atoms with van der Waals surface area (Å²) in [6, 6.07) is 23.4. The lowest BCUT2D eigenvalue weighted by atomic mass is 9.45. The summed E-state index contributed by atoms with van der Waals surface area (Å²) >= 11 is 35.7. The minimum atomic E-state index is -2.65. The van der Waals surface area contributed by atoms with Crippen molar-refractivity contribution in [3.8, 4) is 0 Å². The Morgan fingerprint density at radius 3 is 1.90 bits per heavy atom. The second kappa shape index (κ2) is 24.6. The maximum atomic E-state index is 16.5. The van der Waals surface area contributed by atoms with Crippen LogP contribution in [-0.2, 0) is 68.4 Å². The number of alkyl carbamates (subject to hydrolysis) is 1. The molecular weight excluding hydrogens is 1190 g/mol. The van der Waals surface area contributed by atoms with Crippen molar-refractivity contribution in [2.24, 2.45) is 22.7 Å². The first-order valence-corrected chi connectivity index (χ1v) is 27.8. The number of aliphatic hydroxyl groups is 1. The molecule has 0 spiro atoms. The maximum Gasteiger partial charge on any atom is 0.514 e. The molecule has 0 radical (unpaired) electrons. The summed E-state index contributed by atoms with van der Waals surface area (Å²) in [6.07, 6.45) is -13.6. The van der Waals surface area contributed by atoms with Gasteiger partial charge in [0.15, 0.2) is 17.5 Å². The van der Waals surface area contributed by atoms with Crippen molar-refractivity contribution in [2.45, 2.75) is 136 Å². The van der Waals surface area contributed by atoms with Crippen LogP contribution in [-0.4, -0.2) is 122 Å². The molecule has 1 aliphatic heterocycles. The molecule has 4 aliphatic rings. The van der Waals surface area contributed by atoms with Gasteiger partial charge in [0.1, 0.15) is 48.8 Å². The van der Waals surface area contributed by atoms with Gasteiger partial charge in [-0.3, -0.25) is 9.59 Å². The van der Waals surface area contributed by atoms with Crippen LogP contribution in [0.15, 0.2) is 102 Å². The summed E-state index contributed by atoms with van der Waals surface area (Å²) < 4.78 is 55.4. The molecule has 11 atom stereocenters. The van der Waals surface area contributed by atoms with Crippen molar-refractivity contribution in [3.63, 3.8) is 0 Å². The number of rotatable bonds is 15. The SMILES string of the molecule is CC(=O)OC12COC1C[C@H](OC(=O)OCC(Cl)(Cl)Cl)[C@@]1(C)C(=O)/C(OC(=O)OCC(Cl)(Cl)Cl)=C3/C(C)C(OC(=O)[C@H](OCc4ccccc4)[C@H](NC(=O)OC(C)(C)C)c4ccccc4)C[C@@](O)([C@@H](OC(=O)c4ccccc4)[C@H]21)C3(C)C. The molecule has 1 saturated heterocycles. The lowest BCUT2D eigenvalue weighted by molar-refractivity contribution is -0.345. The molecule has 3 aliphatic carbocycles. The number of carbonyl (C=O) groups excluding carboxylic acids is 7. The number of esters is 3. The van der Waals surface area contributed by atoms with Crippen LogP contribution in [0.4, 0.5) is 14.4 Å². The normalized spacial score (nSPS) is 28.5. The second-order valence-electron chi connectivity index (χ2n) is 21.9. The first kappa shape index (κ1) is 63.5. The Hall–Kier alpha value is -5.09. The van der Waals surface area contributed by atoms with Crippen molar-refractivity contribution >= 4 is 112 Å². The topological polar surface area (TPSA) is 244 Å². The Kier molecular flexibility index (Phi) is 19.3. The first-order valence-electron chi connectivity index (χ1n) is 25.5. The summed E-state index contributed by atoms with van der Waals surface area (Å²) in [5.41, 5.74) is -9.33. The molecule has 3 fully saturated rings. The molecule has 0 aromatic heterocycles. The molecule has 3 aromatic rings. The third kappa shape index (κ3) is 14.1. The number of ether oxygens (including phenoxy) is 10. The van der Waals surface area contributed by atoms with Crippen LogP contribution in [0.1, 0.15) is 95.8 Å². The van der Waals surface area contributed by atoms with E-state index in [9.17, 15) is 29.1 Å². The number of hydrogen-bond acceptors (Lipinski definition) is 18. The van der Waals surface area contributed by atoms with E-state index < -0.39 is 164 Å². The number of carbonyl (C=O) groups is 7. The van der Waals surface area contributed by atoms with E-state index in [4.69, 9.17) is 117 Å². The van der Waals surface area contributed by atoms with Crippen LogP contribution in [0.3, 0.4) is 0 Å². The molecule has 4 unspecified atom stereocenters. The number of hydrogen-bond donors (Lipinski definition) is 2. The van der Waals surface area contributed by atoms with Crippen LogP contribution < -0.4 is 5.32 Å². The van der Waals surface area contributed by atoms with E-state index in [-0.39, 0.29) is 17.7 Å². The third-order valence-electron chi connectivity index (χ3n) is 14.9. The van der Waals surface area contributed by atoms with Gasteiger partial charge in [0.05, 0.1) is 36.2 Å². The number of Topliss-reactive ketones (excluding diaryl/α,β-unsaturated/α-hetero) is 1. The Bertz CT molecular complexity index is 2860. The van der Waals surface area contributed by atoms with Gasteiger partial charge in [-0.25, -0.2) is 24.0 Å². The number of halogens is 6. The van der Waals surface area contributed by atoms with E-state index in [1.54, 1.807) is 99.6 Å². The fourth-order valence-corrected chi connectivity index (χ4v) is 11.6. The van der Waals surface area contributed by atoms with Crippen LogP contribution in [0.25, 0.3) is 0 Å². The molecule has 81 heavy (non-hydrogen) atoms. The van der Waals surface area contributed by atoms with Gasteiger partial charge in [-0.1, -0.05) is 169 Å². The van der Waals surface area contributed by atoms with Gasteiger partial charge in [0.2, 0.25) is 13.4 Å². The van der Waals surface area contributed by atoms with Crippen molar-refractivity contribution in [1.82, 2.24) is 5.32 Å². The minimum absolute atomic E-state index is 0.0395. The number of fused-ring (bicyclic) bond motifs is 5. The molecule has 2 saturated carbocycles. The van der Waals surface area contributed by atoms with E-state index in [1.807, 2.05) is 0 Å². The number of amides is 1. The number of benzene rings is 3. The molecule has 2 bridgehead atoms. The predicted molar refractivity (Wildman–Crippen MR) is 293 cm³/mol. The highest BCUT2D eigenvalue weighted by Crippen LogP contribution is 2.65. The predicted octanol–water partition coefficient (Wildman–Crippen LogP) is 10.8. The monoisotopic (exact) mass is 1250 g/mol. The molecule has 25 heteroatoms. The van der Waals surface area contributed by atoms with Gasteiger partial charge in [0.25, 0.3) is 0 Å². The molecule has 7 rings (SSSR count). The summed E-state index contributed by atoms with van der Waals surface area (Å²) in [4.78, 5) is 102. The lowest BCUT2D eigenvalue weighted by Gasteiger charge is -2.67. The van der Waals surface area contributed by atoms with Gasteiger partial charge in [-0.2, -0.15) is 0 Å². The highest BCUT2D eigenvalue weighted by molar-refractivity contribution is 6.68. The highest BCUT2D eigenvalue weighted by Gasteiger charge is 2.79. The third-order valence-corrected chi connectivity index (χ3v) is 15.6. The number of alkyl halides is 6. The van der Waals surface area contributed by atoms with Crippen molar-refractivity contribution in [3.05, 3.63) is 119 Å². The van der Waals surface area contributed by atoms with Crippen molar-refractivity contribution < 1.29 is 86.0 Å². The standard InChI is InChI=1S/C56H61Cl6NO18/c1-30-35(76-46(67)41(72-26-32-18-12-9-13-19-32)39(33-20-14-10-15-21-33)63-47(68)81-50(3,4)5)25-54(71)44(79-45(66)34-22-16-11-17-23-34)42-52(8,43(65)40(38(30)51(54,6)7)78-49(70)75-29-56(60,61)62)36(77-48(69)74-28-55(57,58)59)24-37-53(42,27-73-37)80-31(2)64/h9-23,30,35-37,39,41-42,44,71H,24-29H2,1-8H3,(H,63,68)/b40-38+/t30?,35?,36-,37?,39+,41+,42-,44-,52+,53?,54+/m0/s1. The molecule has 2 N–H and O–H groups in total. The zero-order valence-corrected chi connectivity index (χ0v) is 49.7. The van der Waals surface area contributed by atoms with Gasteiger partial charge in [-0.15, -0.1) is 0 Å². The van der Waals surface area contributed by atoms with Crippen LogP contribution in [0, 0.1) is 22.7 Å². The zero-order chi connectivity index (χ0) is 59.7. The fraction of sp³-hybridized carbons (Fsp3) is 0.518. The molecule has 3 aromatic carbocycles. The molecule has 440 valence electrons. The van der Waals surface area contributed by atoms with Crippen LogP contribution >= 0.6 is 69.6 Å². The fourth-order valence-electron chi connectivity index (χ4n) is 11.3. The minimum Gasteiger partial charge on any atom is -0.460 e. The van der Waals surface area contributed by atoms with Crippen LogP contribution in [0.5, 0.6) is 0 Å². The molecule has 1 amide bonds. The Labute approximate surface area is 497 Å². The van der Waals surface area contributed by atoms with Gasteiger partial charge >= 0.3 is 36.3 Å². The average molecular weight is 1250 g/mol. The molecule has 1 heterocycles. The van der Waals surface area contributed by atoms with Gasteiger partial charge < -0.3 is 57.8 Å². The van der Waals surface area contributed by atoms with E-state index in [1.165, 1.54) is 39.8 Å². The van der Waals surface area contributed by atoms with Gasteiger partial charge in [-0.05, 0) is 56.5 Å². The van der Waals surface area contributed by atoms with E-state index in [2.05, 4.69) is 5.32 Å². The van der Waals surface area contributed by atoms with Crippen molar-refractivity contribution in [1.29, 1.82) is 0 Å². The van der Waals surface area contributed by atoms with E-state index in [0.717, 1.165) is 6.92 Å². The Morgan fingerprint density at radius 2 is 1.36 bits per heavy atom. The Morgan fingerprint density at radius 1 is 0.790 bits per heavy atom. The maximum absolute atomic E-state index is 16.5. The molecule has 19 nitrogen and oxygen atoms in total. The lowest BCUT2D eigenvalue weighted by Crippen LogP contribution is -2.81. The van der Waals surface area contributed by atoms with Crippen LogP contribution in [0.2, 0.25) is 0 Å². The smallest absolute Gasteiger partial charge is 0.460 e. The summed E-state index contributed by atoms with van der Waals surface area (Å²) in [7, 11) is 0. The quantitative estimate of drug-likeness (QED) is 0.0816. The summed E-state index contributed by atoms with van der Waals surface area (Å²) in [5, 5.41) is 17.1. The Balaban J connectivity index is 1.48. The summed E-state index contributed by atoms with van der Waals surface area (Å²) in [5.74, 6) is -8.27. The second-order valence-corrected chi connectivity index (χ2v) is 26.9. The number of ketones is 1. The summed E-state index contributed by atoms with van der Waals surface area (Å²) in [6.45, 7) is 9.29. The van der Waals surface area contributed by atoms with E-state index in [0.29, 0.717) is 11.1 Å². The van der Waals surface area contributed by atoms with E-state index >= 15 is 9.59 Å². The zero-order valence-electron chi connectivity index (χ0n) is 45.2. The highest BCUT2D eigenvalue weighted by atomic mass is 35.6. The van der Waals surface area contributed by atoms with Crippen molar-refractivity contribution in [2.75, 3.05) is 19.8 Å². The number of allylic oxidation sites excluding steroid dienone is 1. The largest absolute Gasteiger partial charge is 0.514 e. The first-order chi connectivity index (χ1) is 37.7. The average Bonchev–Trinajstić information content (AvgIpc) is 2.08.